The first-order chi connectivity index (χ1) is 7.84. The van der Waals surface area contributed by atoms with Crippen LogP contribution in [0, 0.1) is 0 Å². The van der Waals surface area contributed by atoms with Crippen LogP contribution in [0.1, 0.15) is 39.7 Å². The van der Waals surface area contributed by atoms with Gasteiger partial charge in [0.2, 0.25) is 0 Å². The Hall–Kier alpha value is -1.51. The van der Waals surface area contributed by atoms with Gasteiger partial charge in [0, 0.05) is 0 Å². The Balaban J connectivity index is 2.89. The lowest BCUT2D eigenvalue weighted by atomic mass is 9.87. The highest BCUT2D eigenvalue weighted by molar-refractivity contribution is 5.72. The minimum Gasteiger partial charge on any atom is -0.479 e. The average Bonchev–Trinajstić information content (AvgIpc) is 2.24. The van der Waals surface area contributed by atoms with Gasteiger partial charge in [-0.1, -0.05) is 39.8 Å². The largest absolute Gasteiger partial charge is 0.479 e. The summed E-state index contributed by atoms with van der Waals surface area (Å²) in [5.41, 5.74) is 1.17. The minimum absolute atomic E-state index is 0.0320. The molecular weight excluding hydrogens is 216 g/mol. The maximum absolute atomic E-state index is 10.9. The van der Waals surface area contributed by atoms with Crippen molar-refractivity contribution in [1.29, 1.82) is 0 Å². The Morgan fingerprint density at radius 3 is 2.53 bits per heavy atom. The van der Waals surface area contributed by atoms with Crippen LogP contribution in [0.2, 0.25) is 0 Å². The Bertz CT molecular complexity index is 391. The van der Waals surface area contributed by atoms with E-state index in [1.54, 1.807) is 13.0 Å². The summed E-state index contributed by atoms with van der Waals surface area (Å²) in [5.74, 6) is -0.305. The second-order valence-electron chi connectivity index (χ2n) is 5.13. The third-order valence-corrected chi connectivity index (χ3v) is 2.62. The van der Waals surface area contributed by atoms with Gasteiger partial charge < -0.3 is 9.84 Å². The minimum atomic E-state index is -0.923. The number of hydrogen-bond donors (Lipinski definition) is 1. The summed E-state index contributed by atoms with van der Waals surface area (Å²) in [6, 6.07) is 7.62. The van der Waals surface area contributed by atoms with E-state index in [0.29, 0.717) is 12.2 Å². The monoisotopic (exact) mass is 236 g/mol. The second-order valence-corrected chi connectivity index (χ2v) is 5.13. The summed E-state index contributed by atoms with van der Waals surface area (Å²) in [6.07, 6.45) is -0.319. The molecule has 1 rings (SSSR count). The van der Waals surface area contributed by atoms with Crippen LogP contribution in [0.15, 0.2) is 24.3 Å². The molecule has 0 aliphatic carbocycles. The second kappa shape index (κ2) is 5.21. The molecule has 0 bridgehead atoms. The van der Waals surface area contributed by atoms with E-state index in [1.165, 1.54) is 0 Å². The van der Waals surface area contributed by atoms with Crippen molar-refractivity contribution in [3.63, 3.8) is 0 Å². The normalized spacial score (nSPS) is 13.2. The lowest BCUT2D eigenvalue weighted by molar-refractivity contribution is -0.145. The number of benzene rings is 1. The van der Waals surface area contributed by atoms with Gasteiger partial charge in [-0.25, -0.2) is 4.79 Å². The standard InChI is InChI=1S/C14H20O3/c1-5-12(13(15)16)17-11-8-6-7-10(9-11)14(2,3)4/h6-9,12H,5H2,1-4H3,(H,15,16)/t12-/m0/s1. The van der Waals surface area contributed by atoms with Crippen LogP contribution in [0.25, 0.3) is 0 Å². The van der Waals surface area contributed by atoms with Crippen molar-refractivity contribution in [3.05, 3.63) is 29.8 Å². The number of aliphatic carboxylic acids is 1. The van der Waals surface area contributed by atoms with Gasteiger partial charge in [0.25, 0.3) is 0 Å². The van der Waals surface area contributed by atoms with Crippen LogP contribution < -0.4 is 4.74 Å². The van der Waals surface area contributed by atoms with E-state index in [-0.39, 0.29) is 5.41 Å². The fourth-order valence-corrected chi connectivity index (χ4v) is 1.51. The molecule has 0 radical (unpaired) electrons. The van der Waals surface area contributed by atoms with E-state index in [4.69, 9.17) is 9.84 Å². The summed E-state index contributed by atoms with van der Waals surface area (Å²) in [7, 11) is 0. The van der Waals surface area contributed by atoms with Gasteiger partial charge in [0.1, 0.15) is 5.75 Å². The summed E-state index contributed by atoms with van der Waals surface area (Å²) in [6.45, 7) is 8.13. The van der Waals surface area contributed by atoms with Gasteiger partial charge >= 0.3 is 5.97 Å². The van der Waals surface area contributed by atoms with Crippen molar-refractivity contribution in [1.82, 2.24) is 0 Å². The molecule has 0 aliphatic heterocycles. The molecule has 1 atom stereocenters. The van der Waals surface area contributed by atoms with Crippen molar-refractivity contribution < 1.29 is 14.6 Å². The number of rotatable bonds is 4. The van der Waals surface area contributed by atoms with Gasteiger partial charge in [0.05, 0.1) is 0 Å². The molecule has 0 aromatic heterocycles. The quantitative estimate of drug-likeness (QED) is 0.873. The zero-order valence-corrected chi connectivity index (χ0v) is 10.9. The number of carboxylic acids is 1. The first-order valence-corrected chi connectivity index (χ1v) is 5.84. The molecule has 0 saturated carbocycles. The van der Waals surface area contributed by atoms with Gasteiger partial charge in [0.15, 0.2) is 6.10 Å². The predicted octanol–water partition coefficient (Wildman–Crippen LogP) is 3.23. The lowest BCUT2D eigenvalue weighted by Gasteiger charge is -2.20. The number of carboxylic acid groups (broad SMARTS) is 1. The van der Waals surface area contributed by atoms with Gasteiger partial charge in [-0.2, -0.15) is 0 Å². The molecule has 94 valence electrons. The maximum atomic E-state index is 10.9. The molecular formula is C14H20O3. The van der Waals surface area contributed by atoms with Gasteiger partial charge in [-0.15, -0.1) is 0 Å². The van der Waals surface area contributed by atoms with Crippen LogP contribution in [0.5, 0.6) is 5.75 Å². The van der Waals surface area contributed by atoms with Crippen molar-refractivity contribution in [2.24, 2.45) is 0 Å². The summed E-state index contributed by atoms with van der Waals surface area (Å²) >= 11 is 0. The molecule has 0 fully saturated rings. The van der Waals surface area contributed by atoms with E-state index in [1.807, 2.05) is 18.2 Å². The predicted molar refractivity (Wildman–Crippen MR) is 67.5 cm³/mol. The molecule has 0 amide bonds. The zero-order chi connectivity index (χ0) is 13.1. The third-order valence-electron chi connectivity index (χ3n) is 2.62. The van der Waals surface area contributed by atoms with Crippen LogP contribution >= 0.6 is 0 Å². The topological polar surface area (TPSA) is 46.5 Å². The molecule has 3 heteroatoms. The molecule has 17 heavy (non-hydrogen) atoms. The molecule has 0 saturated heterocycles. The number of carbonyl (C=O) groups is 1. The van der Waals surface area contributed by atoms with Crippen LogP contribution in [-0.2, 0) is 10.2 Å². The fourth-order valence-electron chi connectivity index (χ4n) is 1.51. The molecule has 0 aliphatic rings. The van der Waals surface area contributed by atoms with Crippen molar-refractivity contribution in [2.45, 2.75) is 45.6 Å². The summed E-state index contributed by atoms with van der Waals surface area (Å²) in [5, 5.41) is 8.94. The van der Waals surface area contributed by atoms with Gasteiger partial charge in [-0.3, -0.25) is 0 Å². The van der Waals surface area contributed by atoms with E-state index in [0.717, 1.165) is 5.56 Å². The van der Waals surface area contributed by atoms with Crippen LogP contribution in [0.4, 0.5) is 0 Å². The molecule has 0 spiro atoms. The first kappa shape index (κ1) is 13.6. The third kappa shape index (κ3) is 3.77. The fraction of sp³-hybridized carbons (Fsp3) is 0.500. The highest BCUT2D eigenvalue weighted by atomic mass is 16.5. The van der Waals surface area contributed by atoms with Crippen molar-refractivity contribution >= 4 is 5.97 Å². The number of hydrogen-bond acceptors (Lipinski definition) is 2. The molecule has 1 aromatic carbocycles. The summed E-state index contributed by atoms with van der Waals surface area (Å²) in [4.78, 5) is 10.9. The van der Waals surface area contributed by atoms with Crippen molar-refractivity contribution in [2.75, 3.05) is 0 Å². The highest BCUT2D eigenvalue weighted by Crippen LogP contribution is 2.26. The highest BCUT2D eigenvalue weighted by Gasteiger charge is 2.18. The van der Waals surface area contributed by atoms with E-state index in [2.05, 4.69) is 20.8 Å². The Kier molecular flexibility index (Phi) is 4.16. The molecule has 1 aromatic rings. The van der Waals surface area contributed by atoms with Gasteiger partial charge in [-0.05, 0) is 29.5 Å². The van der Waals surface area contributed by atoms with Crippen LogP contribution in [-0.4, -0.2) is 17.2 Å². The van der Waals surface area contributed by atoms with E-state index < -0.39 is 12.1 Å². The lowest BCUT2D eigenvalue weighted by Crippen LogP contribution is -2.26. The average molecular weight is 236 g/mol. The summed E-state index contributed by atoms with van der Waals surface area (Å²) < 4.78 is 5.46. The molecule has 0 unspecified atom stereocenters. The zero-order valence-electron chi connectivity index (χ0n) is 10.9. The molecule has 0 heterocycles. The SMILES string of the molecule is CC[C@H](Oc1cccc(C(C)(C)C)c1)C(=O)O. The smallest absolute Gasteiger partial charge is 0.344 e. The van der Waals surface area contributed by atoms with E-state index in [9.17, 15) is 4.79 Å². The number of ether oxygens (including phenoxy) is 1. The maximum Gasteiger partial charge on any atom is 0.344 e. The van der Waals surface area contributed by atoms with E-state index >= 15 is 0 Å². The Morgan fingerprint density at radius 1 is 1.41 bits per heavy atom. The molecule has 1 N–H and O–H groups in total. The first-order valence-electron chi connectivity index (χ1n) is 5.84. The Labute approximate surface area is 102 Å². The van der Waals surface area contributed by atoms with Crippen molar-refractivity contribution in [3.8, 4) is 5.75 Å². The Morgan fingerprint density at radius 2 is 2.06 bits per heavy atom. The van der Waals surface area contributed by atoms with Crippen LogP contribution in [0.3, 0.4) is 0 Å². The molecule has 3 nitrogen and oxygen atoms in total.